The monoisotopic (exact) mass is 500 g/mol. The fourth-order valence-corrected chi connectivity index (χ4v) is 6.40. The molecule has 5 atom stereocenters. The van der Waals surface area contributed by atoms with Crippen LogP contribution in [-0.2, 0) is 12.0 Å². The number of ether oxygens (including phenoxy) is 1. The third-order valence-corrected chi connectivity index (χ3v) is 8.56. The van der Waals surface area contributed by atoms with Crippen molar-refractivity contribution < 1.29 is 14.9 Å². The average Bonchev–Trinajstić information content (AvgIpc) is 2.94. The number of fused-ring (bicyclic) bond motifs is 3. The smallest absolute Gasteiger partial charge is 0.123 e. The average molecular weight is 501 g/mol. The quantitative estimate of drug-likeness (QED) is 0.408. The standard InChI is InChI=1S/C32H40N2O3/c1-32(2,21-35)25-14-15-28(37-3)24(18-25)19-33-30-26-16-17-34(20-27(26)36)31(30)29(22-10-6-4-7-11-22)23-12-8-5-9-13-23/h4-15,18,26-27,29-31,33,35-36H,16-17,19-21H2,1-3H3/t26?,27?,30-,31-/m0/s1. The van der Waals surface area contributed by atoms with Crippen molar-refractivity contribution in [1.82, 2.24) is 10.2 Å². The van der Waals surface area contributed by atoms with E-state index in [9.17, 15) is 10.2 Å². The molecule has 3 aromatic rings. The van der Waals surface area contributed by atoms with Gasteiger partial charge < -0.3 is 20.3 Å². The van der Waals surface area contributed by atoms with Crippen LogP contribution in [0.25, 0.3) is 0 Å². The number of methoxy groups -OCH3 is 1. The number of piperidine rings is 3. The largest absolute Gasteiger partial charge is 0.496 e. The Bertz CT molecular complexity index is 1130. The van der Waals surface area contributed by atoms with Crippen LogP contribution in [0.15, 0.2) is 78.9 Å². The zero-order valence-electron chi connectivity index (χ0n) is 22.2. The first-order valence-electron chi connectivity index (χ1n) is 13.5. The van der Waals surface area contributed by atoms with Gasteiger partial charge in [0.15, 0.2) is 0 Å². The minimum Gasteiger partial charge on any atom is -0.496 e. The fraction of sp³-hybridized carbons (Fsp3) is 0.438. The Kier molecular flexibility index (Phi) is 7.68. The second-order valence-corrected chi connectivity index (χ2v) is 11.3. The Morgan fingerprint density at radius 3 is 2.22 bits per heavy atom. The molecule has 3 aliphatic rings. The van der Waals surface area contributed by atoms with Crippen LogP contribution in [0, 0.1) is 5.92 Å². The van der Waals surface area contributed by atoms with E-state index >= 15 is 0 Å². The van der Waals surface area contributed by atoms with E-state index in [0.717, 1.165) is 29.8 Å². The second-order valence-electron chi connectivity index (χ2n) is 11.3. The van der Waals surface area contributed by atoms with Crippen molar-refractivity contribution in [1.29, 1.82) is 0 Å². The van der Waals surface area contributed by atoms with Crippen LogP contribution in [0.1, 0.15) is 48.4 Å². The highest BCUT2D eigenvalue weighted by atomic mass is 16.5. The third kappa shape index (κ3) is 5.19. The highest BCUT2D eigenvalue weighted by Gasteiger charge is 2.50. The van der Waals surface area contributed by atoms with Crippen LogP contribution in [0.2, 0.25) is 0 Å². The van der Waals surface area contributed by atoms with Crippen LogP contribution < -0.4 is 10.1 Å². The molecule has 3 aromatic carbocycles. The first-order chi connectivity index (χ1) is 17.9. The fourth-order valence-electron chi connectivity index (χ4n) is 6.40. The molecule has 5 heteroatoms. The van der Waals surface area contributed by atoms with Crippen LogP contribution in [0.3, 0.4) is 0 Å². The highest BCUT2D eigenvalue weighted by molar-refractivity contribution is 5.41. The summed E-state index contributed by atoms with van der Waals surface area (Å²) in [7, 11) is 1.71. The predicted molar refractivity (Wildman–Crippen MR) is 148 cm³/mol. The molecule has 3 N–H and O–H groups in total. The molecule has 196 valence electrons. The maximum Gasteiger partial charge on any atom is 0.123 e. The van der Waals surface area contributed by atoms with Crippen molar-refractivity contribution in [2.75, 3.05) is 26.8 Å². The molecular weight excluding hydrogens is 460 g/mol. The number of hydrogen-bond donors (Lipinski definition) is 3. The van der Waals surface area contributed by atoms with E-state index in [1.807, 2.05) is 12.1 Å². The third-order valence-electron chi connectivity index (χ3n) is 8.56. The van der Waals surface area contributed by atoms with Crippen molar-refractivity contribution in [2.24, 2.45) is 5.92 Å². The lowest BCUT2D eigenvalue weighted by atomic mass is 9.69. The maximum absolute atomic E-state index is 11.1. The van der Waals surface area contributed by atoms with Crippen molar-refractivity contribution >= 4 is 0 Å². The Morgan fingerprint density at radius 2 is 1.65 bits per heavy atom. The molecule has 3 unspecified atom stereocenters. The summed E-state index contributed by atoms with van der Waals surface area (Å²) in [5.41, 5.74) is 4.43. The van der Waals surface area contributed by atoms with Crippen molar-refractivity contribution in [3.05, 3.63) is 101 Å². The predicted octanol–water partition coefficient (Wildman–Crippen LogP) is 4.32. The zero-order valence-corrected chi connectivity index (χ0v) is 22.2. The molecule has 0 aliphatic carbocycles. The van der Waals surface area contributed by atoms with Gasteiger partial charge in [0.05, 0.1) is 19.8 Å². The molecule has 0 amide bonds. The van der Waals surface area contributed by atoms with E-state index in [4.69, 9.17) is 4.74 Å². The number of benzene rings is 3. The summed E-state index contributed by atoms with van der Waals surface area (Å²) in [5.74, 6) is 1.22. The van der Waals surface area contributed by atoms with Gasteiger partial charge in [-0.15, -0.1) is 0 Å². The molecule has 0 aromatic heterocycles. The number of aliphatic hydroxyl groups excluding tert-OH is 2. The molecule has 3 fully saturated rings. The van der Waals surface area contributed by atoms with E-state index in [2.05, 4.69) is 90.8 Å². The molecule has 5 nitrogen and oxygen atoms in total. The lowest BCUT2D eigenvalue weighted by Crippen LogP contribution is -2.69. The normalized spacial score (nSPS) is 25.4. The van der Waals surface area contributed by atoms with Gasteiger partial charge in [0, 0.05) is 48.0 Å². The van der Waals surface area contributed by atoms with Gasteiger partial charge in [-0.3, -0.25) is 4.90 Å². The maximum atomic E-state index is 11.1. The van der Waals surface area contributed by atoms with Crippen LogP contribution in [-0.4, -0.2) is 60.1 Å². The second kappa shape index (κ2) is 11.0. The minimum absolute atomic E-state index is 0.0793. The van der Waals surface area contributed by atoms with E-state index in [-0.39, 0.29) is 42.0 Å². The Morgan fingerprint density at radius 1 is 1.00 bits per heavy atom. The Labute approximate surface area is 221 Å². The lowest BCUT2D eigenvalue weighted by molar-refractivity contribution is -0.0823. The molecule has 6 rings (SSSR count). The van der Waals surface area contributed by atoms with Gasteiger partial charge in [-0.1, -0.05) is 86.6 Å². The molecule has 0 saturated carbocycles. The summed E-state index contributed by atoms with van der Waals surface area (Å²) in [4.78, 5) is 2.50. The first-order valence-corrected chi connectivity index (χ1v) is 13.5. The topological polar surface area (TPSA) is 65.0 Å². The number of hydrogen-bond acceptors (Lipinski definition) is 5. The summed E-state index contributed by atoms with van der Waals surface area (Å²) < 4.78 is 5.72. The van der Waals surface area contributed by atoms with Gasteiger partial charge in [-0.25, -0.2) is 0 Å². The molecular formula is C32H40N2O3. The van der Waals surface area contributed by atoms with E-state index in [1.54, 1.807) is 7.11 Å². The van der Waals surface area contributed by atoms with Gasteiger partial charge >= 0.3 is 0 Å². The van der Waals surface area contributed by atoms with Crippen LogP contribution in [0.5, 0.6) is 5.75 Å². The number of rotatable bonds is 9. The highest BCUT2D eigenvalue weighted by Crippen LogP contribution is 2.42. The number of aliphatic hydroxyl groups is 2. The van der Waals surface area contributed by atoms with Gasteiger partial charge in [-0.2, -0.15) is 0 Å². The molecule has 3 saturated heterocycles. The van der Waals surface area contributed by atoms with E-state index in [1.165, 1.54) is 11.1 Å². The summed E-state index contributed by atoms with van der Waals surface area (Å²) in [6.45, 7) is 6.53. The summed E-state index contributed by atoms with van der Waals surface area (Å²) in [6, 6.07) is 28.1. The SMILES string of the molecule is COc1ccc(C(C)(C)CO)cc1CN[C@H]1C2CCN(CC2O)[C@H]1C(c1ccccc1)c1ccccc1. The van der Waals surface area contributed by atoms with Gasteiger partial charge in [0.25, 0.3) is 0 Å². The van der Waals surface area contributed by atoms with Crippen LogP contribution >= 0.6 is 0 Å². The number of nitrogens with one attached hydrogen (secondary N) is 1. The molecule has 0 spiro atoms. The first kappa shape index (κ1) is 25.9. The summed E-state index contributed by atoms with van der Waals surface area (Å²) in [5, 5.41) is 24.9. The van der Waals surface area contributed by atoms with Crippen molar-refractivity contribution in [2.45, 2.75) is 56.3 Å². The molecule has 3 heterocycles. The Balaban J connectivity index is 1.50. The van der Waals surface area contributed by atoms with Crippen molar-refractivity contribution in [3.63, 3.8) is 0 Å². The lowest BCUT2D eigenvalue weighted by Gasteiger charge is -2.56. The van der Waals surface area contributed by atoms with E-state index < -0.39 is 0 Å². The van der Waals surface area contributed by atoms with Crippen molar-refractivity contribution in [3.8, 4) is 5.75 Å². The molecule has 3 aliphatic heterocycles. The van der Waals surface area contributed by atoms with Gasteiger partial charge in [0.1, 0.15) is 5.75 Å². The number of nitrogens with zero attached hydrogens (tertiary/aromatic N) is 1. The zero-order chi connectivity index (χ0) is 26.0. The molecule has 2 bridgehead atoms. The van der Waals surface area contributed by atoms with E-state index in [0.29, 0.717) is 13.1 Å². The summed E-state index contributed by atoms with van der Waals surface area (Å²) >= 11 is 0. The molecule has 37 heavy (non-hydrogen) atoms. The van der Waals surface area contributed by atoms with Gasteiger partial charge in [-0.05, 0) is 35.7 Å². The minimum atomic E-state index is -0.337. The molecule has 0 radical (unpaired) electrons. The Hall–Kier alpha value is -2.70. The van der Waals surface area contributed by atoms with Gasteiger partial charge in [0.2, 0.25) is 0 Å². The summed E-state index contributed by atoms with van der Waals surface area (Å²) in [6.07, 6.45) is 0.650. The van der Waals surface area contributed by atoms with Crippen LogP contribution in [0.4, 0.5) is 0 Å².